The van der Waals surface area contributed by atoms with Crippen LogP contribution in [0.3, 0.4) is 0 Å². The second-order valence-electron chi connectivity index (χ2n) is 5.91. The molecular weight excluding hydrogens is 502 g/mol. The number of hydrogen-bond donors (Lipinski definition) is 0. The summed E-state index contributed by atoms with van der Waals surface area (Å²) < 4.78 is 235. The molecule has 0 aromatic rings. The summed E-state index contributed by atoms with van der Waals surface area (Å²) in [4.78, 5) is 0. The van der Waals surface area contributed by atoms with Crippen molar-refractivity contribution in [1.82, 2.24) is 0 Å². The van der Waals surface area contributed by atoms with E-state index in [9.17, 15) is 79.0 Å². The van der Waals surface area contributed by atoms with Crippen molar-refractivity contribution in [3.63, 3.8) is 0 Å². The summed E-state index contributed by atoms with van der Waals surface area (Å²) in [6.45, 7) is -1.21. The maximum Gasteiger partial charge on any atom is 0.430 e. The van der Waals surface area contributed by atoms with Gasteiger partial charge >= 0.3 is 47.8 Å². The van der Waals surface area contributed by atoms with Crippen LogP contribution in [0.1, 0.15) is 13.8 Å². The third-order valence-electron chi connectivity index (χ3n) is 3.61. The Labute approximate surface area is 159 Å². The Hall–Kier alpha value is -1.30. The summed E-state index contributed by atoms with van der Waals surface area (Å²) in [6.07, 6.45) is -24.7. The molecule has 0 rings (SSSR count). The fourth-order valence-corrected chi connectivity index (χ4v) is 1.57. The molecule has 0 spiro atoms. The summed E-state index contributed by atoms with van der Waals surface area (Å²) in [5, 5.41) is 0. The van der Waals surface area contributed by atoms with Crippen LogP contribution in [0.5, 0.6) is 0 Å². The van der Waals surface area contributed by atoms with E-state index in [1.165, 1.54) is 4.74 Å². The lowest BCUT2D eigenvalue weighted by Gasteiger charge is -2.40. The van der Waals surface area contributed by atoms with Crippen molar-refractivity contribution in [2.45, 2.75) is 73.9 Å². The van der Waals surface area contributed by atoms with Crippen molar-refractivity contribution in [3.05, 3.63) is 0 Å². The number of ether oxygens (including phenoxy) is 1. The maximum atomic E-state index is 13.2. The average molecular weight is 510 g/mol. The number of hydrogen-bond acceptors (Lipinski definition) is 1. The van der Waals surface area contributed by atoms with E-state index in [-0.39, 0.29) is 0 Å². The molecule has 0 N–H and O–H groups in total. The van der Waals surface area contributed by atoms with E-state index in [4.69, 9.17) is 0 Å². The van der Waals surface area contributed by atoms with E-state index in [0.717, 1.165) is 0 Å². The Morgan fingerprint density at radius 1 is 0.419 bits per heavy atom. The van der Waals surface area contributed by atoms with Gasteiger partial charge in [-0.05, 0) is 13.8 Å². The summed E-state index contributed by atoms with van der Waals surface area (Å²) in [6, 6.07) is 0. The Morgan fingerprint density at radius 2 is 0.613 bits per heavy atom. The first-order valence-corrected chi connectivity index (χ1v) is 7.10. The number of rotatable bonds is 10. The lowest BCUT2D eigenvalue weighted by molar-refractivity contribution is -0.516. The van der Waals surface area contributed by atoms with E-state index in [1.807, 2.05) is 0 Å². The Bertz CT molecular complexity index is 581. The van der Waals surface area contributed by atoms with Crippen LogP contribution in [-0.2, 0) is 4.74 Å². The highest BCUT2D eigenvalue weighted by Crippen LogP contribution is 2.59. The molecular formula is C12H8F18O. The molecule has 188 valence electrons. The summed E-state index contributed by atoms with van der Waals surface area (Å²) >= 11 is 0. The molecule has 19 heteroatoms. The van der Waals surface area contributed by atoms with Gasteiger partial charge in [0, 0.05) is 0 Å². The monoisotopic (exact) mass is 510 g/mol. The lowest BCUT2D eigenvalue weighted by Crippen LogP contribution is -2.69. The molecule has 0 saturated heterocycles. The Kier molecular flexibility index (Phi) is 7.32. The SMILES string of the molecule is CC(F)C(F)(F)C(F)(F)C(F)(F)C(F)(F)OC(F)(F)C(F)(F)C(F)(F)C(F)(F)C(C)F. The normalized spacial score (nSPS) is 18.2. The van der Waals surface area contributed by atoms with Gasteiger partial charge in [0.05, 0.1) is 0 Å². The summed E-state index contributed by atoms with van der Waals surface area (Å²) in [5.74, 6) is -45.0. The minimum atomic E-state index is -8.02. The second kappa shape index (κ2) is 7.64. The minimum absolute atomic E-state index is 0.605. The molecule has 31 heavy (non-hydrogen) atoms. The van der Waals surface area contributed by atoms with Gasteiger partial charge in [-0.3, -0.25) is 0 Å². The van der Waals surface area contributed by atoms with Crippen LogP contribution in [0, 0.1) is 0 Å². The van der Waals surface area contributed by atoms with E-state index in [1.54, 1.807) is 0 Å². The first-order valence-electron chi connectivity index (χ1n) is 7.10. The Morgan fingerprint density at radius 3 is 0.774 bits per heavy atom. The molecule has 0 aliphatic rings. The van der Waals surface area contributed by atoms with Crippen molar-refractivity contribution in [2.24, 2.45) is 0 Å². The van der Waals surface area contributed by atoms with Crippen LogP contribution in [0.4, 0.5) is 79.0 Å². The molecule has 0 saturated carbocycles. The molecule has 0 aromatic carbocycles. The third-order valence-corrected chi connectivity index (χ3v) is 3.61. The van der Waals surface area contributed by atoms with Crippen molar-refractivity contribution in [1.29, 1.82) is 0 Å². The maximum absolute atomic E-state index is 13.2. The Balaban J connectivity index is 6.42. The molecule has 0 radical (unpaired) electrons. The predicted octanol–water partition coefficient (Wildman–Crippen LogP) is 6.72. The minimum Gasteiger partial charge on any atom is -0.245 e. The predicted molar refractivity (Wildman–Crippen MR) is 61.8 cm³/mol. The first kappa shape index (κ1) is 29.7. The summed E-state index contributed by atoms with van der Waals surface area (Å²) in [5.41, 5.74) is 0. The van der Waals surface area contributed by atoms with Crippen LogP contribution < -0.4 is 0 Å². The van der Waals surface area contributed by atoms with Crippen molar-refractivity contribution in [3.8, 4) is 0 Å². The van der Waals surface area contributed by atoms with E-state index < -0.39 is 73.9 Å². The molecule has 0 aliphatic heterocycles. The highest BCUT2D eigenvalue weighted by atomic mass is 19.4. The lowest BCUT2D eigenvalue weighted by atomic mass is 9.99. The van der Waals surface area contributed by atoms with Gasteiger partial charge in [-0.2, -0.15) is 70.2 Å². The van der Waals surface area contributed by atoms with Crippen molar-refractivity contribution >= 4 is 0 Å². The molecule has 0 aromatic heterocycles. The van der Waals surface area contributed by atoms with E-state index in [0.29, 0.717) is 0 Å². The summed E-state index contributed by atoms with van der Waals surface area (Å²) in [7, 11) is 0. The number of alkyl halides is 18. The molecule has 0 bridgehead atoms. The first-order chi connectivity index (χ1) is 13.1. The standard InChI is InChI=1S/C12H8F18O/c1-3(13)5(15,16)7(19,20)9(23,24)11(27,28)31-12(29,30)10(25,26)8(21,22)6(17,18)4(2)14/h3-4H,1-2H3. The van der Waals surface area contributed by atoms with Crippen molar-refractivity contribution in [2.75, 3.05) is 0 Å². The third kappa shape index (κ3) is 4.09. The zero-order chi connectivity index (χ0) is 25.9. The van der Waals surface area contributed by atoms with Crippen LogP contribution in [0.25, 0.3) is 0 Å². The van der Waals surface area contributed by atoms with Gasteiger partial charge in [0.25, 0.3) is 0 Å². The largest absolute Gasteiger partial charge is 0.430 e. The second-order valence-corrected chi connectivity index (χ2v) is 5.91. The van der Waals surface area contributed by atoms with E-state index >= 15 is 0 Å². The quantitative estimate of drug-likeness (QED) is 0.297. The van der Waals surface area contributed by atoms with Crippen LogP contribution in [-0.4, -0.2) is 60.1 Å². The smallest absolute Gasteiger partial charge is 0.245 e. The zero-order valence-electron chi connectivity index (χ0n) is 14.4. The van der Waals surface area contributed by atoms with Gasteiger partial charge in [-0.15, -0.1) is 0 Å². The molecule has 0 aliphatic carbocycles. The zero-order valence-corrected chi connectivity index (χ0v) is 14.4. The van der Waals surface area contributed by atoms with E-state index in [2.05, 4.69) is 0 Å². The topological polar surface area (TPSA) is 9.23 Å². The van der Waals surface area contributed by atoms with Gasteiger partial charge in [0.15, 0.2) is 12.3 Å². The van der Waals surface area contributed by atoms with Gasteiger partial charge < -0.3 is 0 Å². The van der Waals surface area contributed by atoms with Gasteiger partial charge in [0.2, 0.25) is 0 Å². The fourth-order valence-electron chi connectivity index (χ4n) is 1.57. The van der Waals surface area contributed by atoms with Gasteiger partial charge in [-0.25, -0.2) is 13.5 Å². The number of halogens is 18. The fraction of sp³-hybridized carbons (Fsp3) is 1.00. The molecule has 2 unspecified atom stereocenters. The molecule has 0 heterocycles. The van der Waals surface area contributed by atoms with Crippen molar-refractivity contribution < 1.29 is 83.8 Å². The molecule has 1 nitrogen and oxygen atoms in total. The van der Waals surface area contributed by atoms with Crippen LogP contribution in [0.15, 0.2) is 0 Å². The molecule has 0 amide bonds. The molecule has 0 fully saturated rings. The average Bonchev–Trinajstić information content (AvgIpc) is 2.52. The van der Waals surface area contributed by atoms with Gasteiger partial charge in [0.1, 0.15) is 0 Å². The highest BCUT2D eigenvalue weighted by molar-refractivity contribution is 5.06. The van der Waals surface area contributed by atoms with Gasteiger partial charge in [-0.1, -0.05) is 0 Å². The molecule has 2 atom stereocenters. The highest BCUT2D eigenvalue weighted by Gasteiger charge is 2.88. The van der Waals surface area contributed by atoms with Crippen LogP contribution in [0.2, 0.25) is 0 Å². The van der Waals surface area contributed by atoms with Crippen LogP contribution >= 0.6 is 0 Å².